The van der Waals surface area contributed by atoms with Gasteiger partial charge in [0.2, 0.25) is 5.91 Å². The fourth-order valence-corrected chi connectivity index (χ4v) is 2.08. The average Bonchev–Trinajstić information content (AvgIpc) is 2.88. The van der Waals surface area contributed by atoms with Gasteiger partial charge in [0.15, 0.2) is 5.65 Å². The maximum Gasteiger partial charge on any atom is 0.241 e. The Balaban J connectivity index is 2.02. The van der Waals surface area contributed by atoms with Crippen molar-refractivity contribution in [1.82, 2.24) is 19.5 Å². The van der Waals surface area contributed by atoms with Crippen molar-refractivity contribution in [2.24, 2.45) is 5.92 Å². The number of imidazole rings is 1. The summed E-state index contributed by atoms with van der Waals surface area (Å²) in [5, 5.41) is 4.14. The van der Waals surface area contributed by atoms with Gasteiger partial charge in [0.05, 0.1) is 17.2 Å². The van der Waals surface area contributed by atoms with Gasteiger partial charge >= 0.3 is 0 Å². The molecule has 0 saturated carbocycles. The van der Waals surface area contributed by atoms with Crippen LogP contribution in [0.15, 0.2) is 30.5 Å². The first-order valence-corrected chi connectivity index (χ1v) is 6.26. The Bertz CT molecular complexity index is 740. The molecule has 1 N–H and O–H groups in total. The van der Waals surface area contributed by atoms with Crippen molar-refractivity contribution in [2.75, 3.05) is 5.43 Å². The molecule has 0 aliphatic rings. The summed E-state index contributed by atoms with van der Waals surface area (Å²) in [4.78, 5) is 17.7. The third-order valence-electron chi connectivity index (χ3n) is 2.85. The summed E-state index contributed by atoms with van der Waals surface area (Å²) in [6, 6.07) is 7.75. The molecule has 3 aromatic rings. The van der Waals surface area contributed by atoms with Gasteiger partial charge in [-0.2, -0.15) is 4.52 Å². The summed E-state index contributed by atoms with van der Waals surface area (Å²) >= 11 is 0. The van der Waals surface area contributed by atoms with Crippen molar-refractivity contribution < 1.29 is 4.79 Å². The van der Waals surface area contributed by atoms with Crippen LogP contribution in [-0.2, 0) is 4.79 Å². The highest BCUT2D eigenvalue weighted by molar-refractivity contribution is 5.84. The van der Waals surface area contributed by atoms with Gasteiger partial charge in [0, 0.05) is 6.42 Å². The lowest BCUT2D eigenvalue weighted by Crippen LogP contribution is -2.27. The van der Waals surface area contributed by atoms with Gasteiger partial charge in [0.1, 0.15) is 0 Å². The molecule has 19 heavy (non-hydrogen) atoms. The molecule has 0 radical (unpaired) electrons. The van der Waals surface area contributed by atoms with E-state index in [0.717, 1.165) is 11.0 Å². The number of hydrogen-bond acceptors (Lipinski definition) is 3. The second-order valence-electron chi connectivity index (χ2n) is 4.94. The molecule has 0 bridgehead atoms. The smallest absolute Gasteiger partial charge is 0.241 e. The van der Waals surface area contributed by atoms with E-state index < -0.39 is 0 Å². The Hall–Kier alpha value is -2.37. The molecule has 0 unspecified atom stereocenters. The summed E-state index contributed by atoms with van der Waals surface area (Å²) in [6.07, 6.45) is 2.10. The van der Waals surface area contributed by atoms with E-state index in [2.05, 4.69) is 15.5 Å². The number of rotatable bonds is 3. The standard InChI is InChI=1S/C13H15N5O/c1-9(2)7-13(19)16-18-14-8-12-15-10-5-3-4-6-11(10)17(12)18/h3-6,8-9H,7H2,1-2H3,(H,16,19). The molecule has 0 fully saturated rings. The summed E-state index contributed by atoms with van der Waals surface area (Å²) in [5.41, 5.74) is 5.28. The molecule has 1 aromatic carbocycles. The number of nitrogens with one attached hydrogen (secondary N) is 1. The molecule has 0 spiro atoms. The Kier molecular flexibility index (Phi) is 2.70. The molecule has 1 amide bonds. The number of nitrogens with zero attached hydrogens (tertiary/aromatic N) is 4. The first kappa shape index (κ1) is 11.7. The molecule has 2 heterocycles. The number of para-hydroxylation sites is 2. The van der Waals surface area contributed by atoms with Gasteiger partial charge in [-0.15, -0.1) is 5.10 Å². The third-order valence-corrected chi connectivity index (χ3v) is 2.85. The van der Waals surface area contributed by atoms with Gasteiger partial charge in [-0.05, 0) is 18.1 Å². The van der Waals surface area contributed by atoms with Crippen LogP contribution in [0, 0.1) is 5.92 Å². The van der Waals surface area contributed by atoms with E-state index in [9.17, 15) is 4.79 Å². The van der Waals surface area contributed by atoms with Crippen molar-refractivity contribution in [3.63, 3.8) is 0 Å². The molecule has 0 aliphatic heterocycles. The molecule has 2 aromatic heterocycles. The third kappa shape index (κ3) is 2.05. The highest BCUT2D eigenvalue weighted by Crippen LogP contribution is 2.14. The fourth-order valence-electron chi connectivity index (χ4n) is 2.08. The average molecular weight is 257 g/mol. The molecular weight excluding hydrogens is 242 g/mol. The Morgan fingerprint density at radius 3 is 2.95 bits per heavy atom. The van der Waals surface area contributed by atoms with Crippen LogP contribution in [0.5, 0.6) is 0 Å². The quantitative estimate of drug-likeness (QED) is 0.778. The lowest BCUT2D eigenvalue weighted by molar-refractivity contribution is -0.118. The molecule has 3 rings (SSSR count). The second-order valence-corrected chi connectivity index (χ2v) is 4.94. The first-order chi connectivity index (χ1) is 9.15. The van der Waals surface area contributed by atoms with E-state index in [1.165, 1.54) is 4.91 Å². The number of benzene rings is 1. The molecule has 0 atom stereocenters. The molecule has 0 aliphatic carbocycles. The van der Waals surface area contributed by atoms with Gasteiger partial charge in [-0.3, -0.25) is 4.79 Å². The zero-order valence-electron chi connectivity index (χ0n) is 10.9. The molecular formula is C13H15N5O. The fraction of sp³-hybridized carbons (Fsp3) is 0.308. The number of carbonyl (C=O) groups is 1. The van der Waals surface area contributed by atoms with Crippen LogP contribution < -0.4 is 5.43 Å². The Morgan fingerprint density at radius 1 is 1.37 bits per heavy atom. The Labute approximate surface area is 110 Å². The van der Waals surface area contributed by atoms with Crippen molar-refractivity contribution >= 4 is 22.6 Å². The first-order valence-electron chi connectivity index (χ1n) is 6.26. The van der Waals surface area contributed by atoms with Crippen molar-refractivity contribution in [3.8, 4) is 0 Å². The zero-order valence-corrected chi connectivity index (χ0v) is 10.9. The van der Waals surface area contributed by atoms with E-state index in [1.54, 1.807) is 10.7 Å². The second kappa shape index (κ2) is 4.38. The molecule has 0 saturated heterocycles. The summed E-state index contributed by atoms with van der Waals surface area (Å²) in [5.74, 6) is 0.253. The number of carbonyl (C=O) groups excluding carboxylic acids is 1. The summed E-state index contributed by atoms with van der Waals surface area (Å²) < 4.78 is 1.79. The number of fused-ring (bicyclic) bond motifs is 3. The van der Waals surface area contributed by atoms with Crippen LogP contribution >= 0.6 is 0 Å². The van der Waals surface area contributed by atoms with Gasteiger partial charge in [-0.25, -0.2) is 10.4 Å². The lowest BCUT2D eigenvalue weighted by Gasteiger charge is -2.07. The van der Waals surface area contributed by atoms with Crippen LogP contribution in [-0.4, -0.2) is 25.4 Å². The zero-order chi connectivity index (χ0) is 13.4. The number of amides is 1. The van der Waals surface area contributed by atoms with Crippen LogP contribution in [0.4, 0.5) is 0 Å². The van der Waals surface area contributed by atoms with Gasteiger partial charge in [-0.1, -0.05) is 30.9 Å². The van der Waals surface area contributed by atoms with Crippen molar-refractivity contribution in [2.45, 2.75) is 20.3 Å². The van der Waals surface area contributed by atoms with E-state index in [4.69, 9.17) is 0 Å². The highest BCUT2D eigenvalue weighted by atomic mass is 16.2. The number of hydrogen-bond donors (Lipinski definition) is 1. The van der Waals surface area contributed by atoms with Gasteiger partial charge in [0.25, 0.3) is 0 Å². The molecule has 98 valence electrons. The van der Waals surface area contributed by atoms with Crippen molar-refractivity contribution in [1.29, 1.82) is 0 Å². The summed E-state index contributed by atoms with van der Waals surface area (Å²) in [7, 11) is 0. The SMILES string of the molecule is CC(C)CC(=O)Nn1ncc2nc3ccccc3n21. The van der Waals surface area contributed by atoms with Crippen LogP contribution in [0.25, 0.3) is 16.7 Å². The van der Waals surface area contributed by atoms with Crippen LogP contribution in [0.2, 0.25) is 0 Å². The Morgan fingerprint density at radius 2 is 2.16 bits per heavy atom. The molecule has 6 heteroatoms. The van der Waals surface area contributed by atoms with E-state index in [1.807, 2.05) is 38.1 Å². The van der Waals surface area contributed by atoms with E-state index in [-0.39, 0.29) is 5.91 Å². The predicted octanol–water partition coefficient (Wildman–Crippen LogP) is 1.80. The van der Waals surface area contributed by atoms with Crippen LogP contribution in [0.1, 0.15) is 20.3 Å². The normalized spacial score (nSPS) is 11.5. The lowest BCUT2D eigenvalue weighted by atomic mass is 10.1. The van der Waals surface area contributed by atoms with Gasteiger partial charge < -0.3 is 0 Å². The highest BCUT2D eigenvalue weighted by Gasteiger charge is 2.11. The van der Waals surface area contributed by atoms with Crippen molar-refractivity contribution in [3.05, 3.63) is 30.5 Å². The molecule has 6 nitrogen and oxygen atoms in total. The van der Waals surface area contributed by atoms with Crippen LogP contribution in [0.3, 0.4) is 0 Å². The maximum absolute atomic E-state index is 11.8. The minimum Gasteiger partial charge on any atom is -0.273 e. The minimum absolute atomic E-state index is 0.0576. The van der Waals surface area contributed by atoms with E-state index >= 15 is 0 Å². The largest absolute Gasteiger partial charge is 0.273 e. The summed E-state index contributed by atoms with van der Waals surface area (Å²) in [6.45, 7) is 4.01. The maximum atomic E-state index is 11.8. The minimum atomic E-state index is -0.0576. The monoisotopic (exact) mass is 257 g/mol. The predicted molar refractivity (Wildman–Crippen MR) is 72.3 cm³/mol. The topological polar surface area (TPSA) is 64.2 Å². The van der Waals surface area contributed by atoms with E-state index in [0.29, 0.717) is 18.0 Å². The number of aromatic nitrogens is 4.